The fourth-order valence-electron chi connectivity index (χ4n) is 1.39. The molecule has 2 nitrogen and oxygen atoms in total. The van der Waals surface area contributed by atoms with E-state index in [9.17, 15) is 9.90 Å². The number of benzene rings is 1. The van der Waals surface area contributed by atoms with Gasteiger partial charge in [0, 0.05) is 12.0 Å². The zero-order valence-corrected chi connectivity index (χ0v) is 6.50. The Hall–Kier alpha value is -1.31. The Morgan fingerprint density at radius 3 is 3.00 bits per heavy atom. The van der Waals surface area contributed by atoms with Crippen molar-refractivity contribution >= 4 is 5.78 Å². The van der Waals surface area contributed by atoms with Crippen molar-refractivity contribution in [2.24, 2.45) is 0 Å². The molecule has 0 spiro atoms. The molecule has 0 bridgehead atoms. The first kappa shape index (κ1) is 7.35. The summed E-state index contributed by atoms with van der Waals surface area (Å²) in [4.78, 5) is 11.0. The molecule has 0 aromatic heterocycles. The molecule has 1 aromatic rings. The average molecular weight is 160 g/mol. The Morgan fingerprint density at radius 1 is 1.33 bits per heavy atom. The van der Waals surface area contributed by atoms with E-state index in [-0.39, 0.29) is 11.5 Å². The first-order valence-electron chi connectivity index (χ1n) is 3.88. The quantitative estimate of drug-likeness (QED) is 0.621. The Balaban J connectivity index is 2.50. The maximum Gasteiger partial charge on any atom is 0.146 e. The van der Waals surface area contributed by atoms with Gasteiger partial charge in [0.15, 0.2) is 0 Å². The average Bonchev–Trinajstić information content (AvgIpc) is 2.07. The van der Waals surface area contributed by atoms with Gasteiger partial charge in [-0.2, -0.15) is 0 Å². The zero-order valence-electron chi connectivity index (χ0n) is 6.50. The third kappa shape index (κ3) is 1.09. The minimum Gasteiger partial charge on any atom is -0.508 e. The number of aryl methyl sites for hydroxylation is 1. The SMILES string of the molecule is O=C1[C]c2c(O)cccc2CC1. The second-order valence-electron chi connectivity index (χ2n) is 2.86. The van der Waals surface area contributed by atoms with E-state index in [4.69, 9.17) is 0 Å². The van der Waals surface area contributed by atoms with Crippen LogP contribution in [0.15, 0.2) is 18.2 Å². The van der Waals surface area contributed by atoms with Crippen LogP contribution in [-0.4, -0.2) is 10.9 Å². The molecule has 0 aliphatic heterocycles. The van der Waals surface area contributed by atoms with Crippen molar-refractivity contribution in [1.29, 1.82) is 0 Å². The summed E-state index contributed by atoms with van der Waals surface area (Å²) in [6.07, 6.45) is 3.87. The summed E-state index contributed by atoms with van der Waals surface area (Å²) in [6, 6.07) is 5.27. The highest BCUT2D eigenvalue weighted by atomic mass is 16.3. The number of rotatable bonds is 0. The molecule has 0 heterocycles. The number of hydrogen-bond acceptors (Lipinski definition) is 2. The summed E-state index contributed by atoms with van der Waals surface area (Å²) in [5.41, 5.74) is 1.59. The first-order chi connectivity index (χ1) is 5.77. The van der Waals surface area contributed by atoms with E-state index in [1.54, 1.807) is 12.1 Å². The van der Waals surface area contributed by atoms with Crippen LogP contribution in [0.1, 0.15) is 17.5 Å². The van der Waals surface area contributed by atoms with Crippen LogP contribution in [0.3, 0.4) is 0 Å². The largest absolute Gasteiger partial charge is 0.508 e. The molecule has 2 heteroatoms. The standard InChI is InChI=1S/C10H8O2/c11-8-5-4-7-2-1-3-10(12)9(7)6-8/h1-3,12H,4-5H2. The number of ketones is 1. The van der Waals surface area contributed by atoms with Gasteiger partial charge in [-0.05, 0) is 18.1 Å². The van der Waals surface area contributed by atoms with Crippen LogP contribution in [0.5, 0.6) is 5.75 Å². The van der Waals surface area contributed by atoms with Crippen molar-refractivity contribution < 1.29 is 9.90 Å². The number of Topliss-reactive ketones (excluding diaryl/α,β-unsaturated/α-hetero) is 1. The van der Waals surface area contributed by atoms with Gasteiger partial charge in [-0.1, -0.05) is 12.1 Å². The van der Waals surface area contributed by atoms with Gasteiger partial charge in [0.25, 0.3) is 0 Å². The lowest BCUT2D eigenvalue weighted by atomic mass is 9.90. The van der Waals surface area contributed by atoms with E-state index >= 15 is 0 Å². The van der Waals surface area contributed by atoms with Crippen LogP contribution < -0.4 is 0 Å². The molecule has 2 radical (unpaired) electrons. The van der Waals surface area contributed by atoms with Gasteiger partial charge in [-0.25, -0.2) is 0 Å². The molecule has 1 aliphatic rings. The van der Waals surface area contributed by atoms with Crippen LogP contribution in [0.2, 0.25) is 0 Å². The van der Waals surface area contributed by atoms with Crippen LogP contribution >= 0.6 is 0 Å². The van der Waals surface area contributed by atoms with Crippen molar-refractivity contribution in [1.82, 2.24) is 0 Å². The highest BCUT2D eigenvalue weighted by Gasteiger charge is 2.18. The third-order valence-electron chi connectivity index (χ3n) is 2.01. The zero-order chi connectivity index (χ0) is 8.55. The van der Waals surface area contributed by atoms with Crippen LogP contribution in [0.25, 0.3) is 0 Å². The molecule has 0 saturated heterocycles. The van der Waals surface area contributed by atoms with E-state index in [1.807, 2.05) is 6.07 Å². The molecule has 1 N–H and O–H groups in total. The van der Waals surface area contributed by atoms with Gasteiger partial charge >= 0.3 is 0 Å². The second kappa shape index (κ2) is 2.63. The number of aromatic hydroxyl groups is 1. The summed E-state index contributed by atoms with van der Waals surface area (Å²) in [7, 11) is 0. The predicted molar refractivity (Wildman–Crippen MR) is 43.8 cm³/mol. The van der Waals surface area contributed by atoms with Crippen LogP contribution in [0.4, 0.5) is 0 Å². The second-order valence-corrected chi connectivity index (χ2v) is 2.86. The smallest absolute Gasteiger partial charge is 0.146 e. The fraction of sp³-hybridized carbons (Fsp3) is 0.200. The number of hydrogen-bond donors (Lipinski definition) is 1. The Kier molecular flexibility index (Phi) is 1.61. The van der Waals surface area contributed by atoms with Gasteiger partial charge in [0.2, 0.25) is 0 Å². The van der Waals surface area contributed by atoms with E-state index in [0.29, 0.717) is 12.0 Å². The molecule has 1 aromatic carbocycles. The monoisotopic (exact) mass is 160 g/mol. The molecule has 0 unspecified atom stereocenters. The van der Waals surface area contributed by atoms with Crippen molar-refractivity contribution in [2.45, 2.75) is 12.8 Å². The molecule has 1 aliphatic carbocycles. The Bertz CT molecular complexity index is 329. The van der Waals surface area contributed by atoms with Crippen molar-refractivity contribution in [3.63, 3.8) is 0 Å². The Morgan fingerprint density at radius 2 is 2.17 bits per heavy atom. The van der Waals surface area contributed by atoms with Gasteiger partial charge < -0.3 is 5.11 Å². The normalized spacial score (nSPS) is 15.8. The lowest BCUT2D eigenvalue weighted by molar-refractivity contribution is -0.115. The number of fused-ring (bicyclic) bond motifs is 1. The lowest BCUT2D eigenvalue weighted by Gasteiger charge is -2.14. The third-order valence-corrected chi connectivity index (χ3v) is 2.01. The minimum atomic E-state index is -0.0241. The molecule has 0 amide bonds. The number of carbonyl (C=O) groups excluding carboxylic acids is 1. The van der Waals surface area contributed by atoms with Crippen LogP contribution in [-0.2, 0) is 11.2 Å². The summed E-state index contributed by atoms with van der Waals surface area (Å²) < 4.78 is 0. The summed E-state index contributed by atoms with van der Waals surface area (Å²) in [5, 5.41) is 9.36. The number of carbonyl (C=O) groups is 1. The maximum absolute atomic E-state index is 11.0. The molecule has 0 saturated carbocycles. The van der Waals surface area contributed by atoms with Crippen molar-refractivity contribution in [2.75, 3.05) is 0 Å². The van der Waals surface area contributed by atoms with Crippen molar-refractivity contribution in [3.8, 4) is 5.75 Å². The number of phenolic OH excluding ortho intramolecular Hbond substituents is 1. The van der Waals surface area contributed by atoms with E-state index in [1.165, 1.54) is 0 Å². The highest BCUT2D eigenvalue weighted by Crippen LogP contribution is 2.27. The minimum absolute atomic E-state index is 0.0241. The maximum atomic E-state index is 11.0. The van der Waals surface area contributed by atoms with Gasteiger partial charge in [0.05, 0.1) is 6.42 Å². The summed E-state index contributed by atoms with van der Waals surface area (Å²) in [6.45, 7) is 0. The summed E-state index contributed by atoms with van der Waals surface area (Å²) >= 11 is 0. The summed E-state index contributed by atoms with van der Waals surface area (Å²) in [5.74, 6) is 0.129. The molecular formula is C10H8O2. The highest BCUT2D eigenvalue weighted by molar-refractivity contribution is 5.93. The lowest BCUT2D eigenvalue weighted by Crippen LogP contribution is -2.10. The van der Waals surface area contributed by atoms with Gasteiger partial charge in [0.1, 0.15) is 11.5 Å². The molecule has 60 valence electrons. The molecular weight excluding hydrogens is 152 g/mol. The van der Waals surface area contributed by atoms with E-state index < -0.39 is 0 Å². The number of phenols is 1. The predicted octanol–water partition coefficient (Wildman–Crippen LogP) is 1.34. The van der Waals surface area contributed by atoms with Gasteiger partial charge in [-0.15, -0.1) is 0 Å². The van der Waals surface area contributed by atoms with Crippen LogP contribution in [0, 0.1) is 6.42 Å². The Labute approximate surface area is 70.8 Å². The molecule has 0 fully saturated rings. The fourth-order valence-corrected chi connectivity index (χ4v) is 1.39. The first-order valence-corrected chi connectivity index (χ1v) is 3.88. The molecule has 0 atom stereocenters. The molecule has 2 rings (SSSR count). The van der Waals surface area contributed by atoms with Gasteiger partial charge in [-0.3, -0.25) is 4.79 Å². The topological polar surface area (TPSA) is 37.3 Å². The van der Waals surface area contributed by atoms with Crippen molar-refractivity contribution in [3.05, 3.63) is 35.7 Å². The molecule has 12 heavy (non-hydrogen) atoms. The van der Waals surface area contributed by atoms with E-state index in [2.05, 4.69) is 6.42 Å². The van der Waals surface area contributed by atoms with E-state index in [0.717, 1.165) is 12.0 Å².